The minimum absolute atomic E-state index is 0.0369. The summed E-state index contributed by atoms with van der Waals surface area (Å²) >= 11 is 18.0. The maximum absolute atomic E-state index is 14.2. The fraction of sp³-hybridized carbons (Fsp3) is 0.350. The Morgan fingerprint density at radius 2 is 1.94 bits per heavy atom. The minimum Gasteiger partial charge on any atom is -0.380 e. The highest BCUT2D eigenvalue weighted by Gasteiger charge is 2.40. The molecule has 1 amide bonds. The number of hydrogen-bond donors (Lipinski definition) is 2. The monoisotopic (exact) mass is 505 g/mol. The highest BCUT2D eigenvalue weighted by Crippen LogP contribution is 2.32. The molecule has 6 nitrogen and oxygen atoms in total. The van der Waals surface area contributed by atoms with Gasteiger partial charge in [0, 0.05) is 42.7 Å². The maximum Gasteiger partial charge on any atom is 0.243 e. The maximum atomic E-state index is 14.2. The van der Waals surface area contributed by atoms with E-state index >= 15 is 0 Å². The van der Waals surface area contributed by atoms with Crippen molar-refractivity contribution in [3.05, 3.63) is 56.8 Å². The van der Waals surface area contributed by atoms with Gasteiger partial charge in [0.05, 0.1) is 20.6 Å². The molecule has 0 aromatic heterocycles. The summed E-state index contributed by atoms with van der Waals surface area (Å²) in [7, 11) is -3.77. The van der Waals surface area contributed by atoms with Crippen LogP contribution in [0.3, 0.4) is 0 Å². The van der Waals surface area contributed by atoms with Gasteiger partial charge in [0.15, 0.2) is 0 Å². The third-order valence-corrected chi connectivity index (χ3v) is 8.30. The van der Waals surface area contributed by atoms with Gasteiger partial charge in [-0.25, -0.2) is 12.8 Å². The predicted molar refractivity (Wildman–Crippen MR) is 119 cm³/mol. The van der Waals surface area contributed by atoms with Crippen LogP contribution < -0.4 is 10.6 Å². The van der Waals surface area contributed by atoms with Crippen LogP contribution in [0.15, 0.2) is 35.2 Å². The van der Waals surface area contributed by atoms with Crippen molar-refractivity contribution in [2.24, 2.45) is 5.92 Å². The molecule has 0 radical (unpaired) electrons. The van der Waals surface area contributed by atoms with Gasteiger partial charge in [0.1, 0.15) is 5.82 Å². The lowest BCUT2D eigenvalue weighted by molar-refractivity contribution is -0.119. The second kappa shape index (κ2) is 8.75. The molecule has 0 spiro atoms. The largest absolute Gasteiger partial charge is 0.380 e. The van der Waals surface area contributed by atoms with Gasteiger partial charge in [-0.05, 0) is 42.7 Å². The molecule has 2 aromatic rings. The van der Waals surface area contributed by atoms with Gasteiger partial charge in [0.2, 0.25) is 15.9 Å². The lowest BCUT2D eigenvalue weighted by atomic mass is 9.94. The summed E-state index contributed by atoms with van der Waals surface area (Å²) in [5, 5.41) is 6.22. The molecule has 31 heavy (non-hydrogen) atoms. The third-order valence-electron chi connectivity index (χ3n) is 5.63. The number of benzene rings is 2. The molecule has 2 aromatic carbocycles. The van der Waals surface area contributed by atoms with Crippen LogP contribution in [-0.4, -0.2) is 37.8 Å². The number of halogens is 4. The molecule has 0 unspecified atom stereocenters. The summed E-state index contributed by atoms with van der Waals surface area (Å²) in [5.41, 5.74) is 0.699. The van der Waals surface area contributed by atoms with E-state index in [1.54, 1.807) is 0 Å². The van der Waals surface area contributed by atoms with Gasteiger partial charge in [-0.15, -0.1) is 0 Å². The number of hydrogen-bond acceptors (Lipinski definition) is 4. The molecule has 2 saturated heterocycles. The Labute approximate surface area is 194 Å². The van der Waals surface area contributed by atoms with Crippen molar-refractivity contribution < 1.29 is 17.6 Å². The Morgan fingerprint density at radius 1 is 1.16 bits per heavy atom. The first-order valence-electron chi connectivity index (χ1n) is 9.61. The van der Waals surface area contributed by atoms with Crippen LogP contribution in [-0.2, 0) is 21.4 Å². The number of carbonyl (C=O) groups is 1. The fourth-order valence-corrected chi connectivity index (χ4v) is 6.33. The number of nitrogens with zero attached hydrogens (tertiary/aromatic N) is 1. The van der Waals surface area contributed by atoms with Gasteiger partial charge < -0.3 is 10.6 Å². The molecule has 0 bridgehead atoms. The lowest BCUT2D eigenvalue weighted by Gasteiger charge is -2.33. The summed E-state index contributed by atoms with van der Waals surface area (Å²) in [4.78, 5) is 11.7. The lowest BCUT2D eigenvalue weighted by Crippen LogP contribution is -2.48. The van der Waals surface area contributed by atoms with Crippen molar-refractivity contribution in [3.8, 4) is 0 Å². The molecule has 11 heteroatoms. The third kappa shape index (κ3) is 4.64. The Bertz CT molecular complexity index is 1150. The van der Waals surface area contributed by atoms with Crippen LogP contribution >= 0.6 is 34.8 Å². The molecule has 2 aliphatic rings. The highest BCUT2D eigenvalue weighted by atomic mass is 35.5. The molecule has 2 fully saturated rings. The summed E-state index contributed by atoms with van der Waals surface area (Å²) in [6.45, 7) is 0.656. The second-order valence-electron chi connectivity index (χ2n) is 7.65. The average Bonchev–Trinajstić information content (AvgIpc) is 3.09. The van der Waals surface area contributed by atoms with Gasteiger partial charge >= 0.3 is 0 Å². The molecular formula is C20H19Cl3FN3O3S. The van der Waals surface area contributed by atoms with Crippen LogP contribution in [0, 0.1) is 11.7 Å². The first-order chi connectivity index (χ1) is 14.6. The summed E-state index contributed by atoms with van der Waals surface area (Å²) in [6, 6.07) is 6.95. The molecule has 2 N–H and O–H groups in total. The van der Waals surface area contributed by atoms with E-state index in [1.807, 2.05) is 0 Å². The topological polar surface area (TPSA) is 78.5 Å². The van der Waals surface area contributed by atoms with Crippen molar-refractivity contribution in [2.45, 2.75) is 30.3 Å². The standard InChI is InChI=1S/C20H19Cl3FN3O3S/c21-13-5-12(20(24)16(23)7-13)9-25-17-2-1-14(8-15(17)22)31(29,30)27-4-3-11-6-19(28)26-18(11)10-27/h1-2,5,7-8,11,18,25H,3-4,6,9-10H2,(H,26,28)/t11-,18-/m1/s1. The van der Waals surface area contributed by atoms with Crippen molar-refractivity contribution in [2.75, 3.05) is 18.4 Å². The van der Waals surface area contributed by atoms with E-state index in [4.69, 9.17) is 34.8 Å². The fourth-order valence-electron chi connectivity index (χ4n) is 3.98. The molecule has 2 atom stereocenters. The summed E-state index contributed by atoms with van der Waals surface area (Å²) in [5.74, 6) is -0.448. The number of sulfonamides is 1. The molecule has 0 saturated carbocycles. The molecule has 2 aliphatic heterocycles. The van der Waals surface area contributed by atoms with Crippen LogP contribution in [0.4, 0.5) is 10.1 Å². The van der Waals surface area contributed by atoms with Crippen LogP contribution in [0.25, 0.3) is 0 Å². The van der Waals surface area contributed by atoms with E-state index < -0.39 is 15.8 Å². The zero-order chi connectivity index (χ0) is 22.3. The van der Waals surface area contributed by atoms with Crippen LogP contribution in [0.1, 0.15) is 18.4 Å². The number of carbonyl (C=O) groups excluding carboxylic acids is 1. The van der Waals surface area contributed by atoms with Crippen molar-refractivity contribution in [1.29, 1.82) is 0 Å². The molecule has 4 rings (SSSR count). The highest BCUT2D eigenvalue weighted by molar-refractivity contribution is 7.89. The zero-order valence-corrected chi connectivity index (χ0v) is 19.3. The Balaban J connectivity index is 1.49. The quantitative estimate of drug-likeness (QED) is 0.593. The number of rotatable bonds is 5. The number of fused-ring (bicyclic) bond motifs is 1. The van der Waals surface area contributed by atoms with E-state index in [-0.39, 0.29) is 51.5 Å². The van der Waals surface area contributed by atoms with Gasteiger partial charge in [-0.1, -0.05) is 34.8 Å². The smallest absolute Gasteiger partial charge is 0.243 e. The SMILES string of the molecule is O=C1C[C@H]2CCN(S(=O)(=O)c3ccc(NCc4cc(Cl)cc(Cl)c4F)c(Cl)c3)C[C@H]2N1. The van der Waals surface area contributed by atoms with E-state index in [9.17, 15) is 17.6 Å². The number of anilines is 1. The number of amides is 1. The molecule has 0 aliphatic carbocycles. The van der Waals surface area contributed by atoms with E-state index in [1.165, 1.54) is 34.6 Å². The van der Waals surface area contributed by atoms with Gasteiger partial charge in [0.25, 0.3) is 0 Å². The number of nitrogens with one attached hydrogen (secondary N) is 2. The number of piperidine rings is 1. The van der Waals surface area contributed by atoms with Gasteiger partial charge in [-0.2, -0.15) is 4.31 Å². The molecule has 2 heterocycles. The van der Waals surface area contributed by atoms with Crippen LogP contribution in [0.2, 0.25) is 15.1 Å². The first-order valence-corrected chi connectivity index (χ1v) is 12.2. The van der Waals surface area contributed by atoms with Gasteiger partial charge in [-0.3, -0.25) is 4.79 Å². The van der Waals surface area contributed by atoms with Crippen LogP contribution in [0.5, 0.6) is 0 Å². The normalized spacial score (nSPS) is 21.6. The van der Waals surface area contributed by atoms with Crippen molar-refractivity contribution >= 4 is 56.4 Å². The Kier molecular flexibility index (Phi) is 6.38. The van der Waals surface area contributed by atoms with E-state index in [0.717, 1.165) is 0 Å². The Hall–Kier alpha value is -1.58. The summed E-state index contributed by atoms with van der Waals surface area (Å²) in [6.07, 6.45) is 1.08. The molecule has 166 valence electrons. The van der Waals surface area contributed by atoms with Crippen molar-refractivity contribution in [1.82, 2.24) is 9.62 Å². The average molecular weight is 507 g/mol. The van der Waals surface area contributed by atoms with E-state index in [0.29, 0.717) is 30.1 Å². The predicted octanol–water partition coefficient (Wildman–Crippen LogP) is 4.30. The Morgan fingerprint density at radius 3 is 2.68 bits per heavy atom. The first kappa shape index (κ1) is 22.6. The van der Waals surface area contributed by atoms with E-state index in [2.05, 4.69) is 10.6 Å². The second-order valence-corrected chi connectivity index (χ2v) is 10.8. The summed E-state index contributed by atoms with van der Waals surface area (Å²) < 4.78 is 41.7. The zero-order valence-electron chi connectivity index (χ0n) is 16.2. The van der Waals surface area contributed by atoms with Crippen molar-refractivity contribution in [3.63, 3.8) is 0 Å². The minimum atomic E-state index is -3.77. The molecular weight excluding hydrogens is 488 g/mol.